The Labute approximate surface area is 115 Å². The molecule has 0 radical (unpaired) electrons. The minimum atomic E-state index is -0.900. The molecule has 0 spiro atoms. The summed E-state index contributed by atoms with van der Waals surface area (Å²) in [5.41, 5.74) is 4.33. The number of rotatable bonds is 5. The Morgan fingerprint density at radius 1 is 1.60 bits per heavy atom. The van der Waals surface area contributed by atoms with Crippen molar-refractivity contribution in [3.8, 4) is 0 Å². The Morgan fingerprint density at radius 2 is 2.30 bits per heavy atom. The molecule has 1 amide bonds. The molecule has 1 aromatic rings. The van der Waals surface area contributed by atoms with Crippen LogP contribution in [0.4, 0.5) is 15.8 Å². The summed E-state index contributed by atoms with van der Waals surface area (Å²) in [5.74, 6) is -1.05. The molecule has 0 heterocycles. The lowest BCUT2D eigenvalue weighted by atomic mass is 10.1. The third-order valence-corrected chi connectivity index (χ3v) is 3.45. The lowest BCUT2D eigenvalue weighted by molar-refractivity contribution is -0.385. The van der Waals surface area contributed by atoms with Crippen molar-refractivity contribution < 1.29 is 14.1 Å². The zero-order valence-electron chi connectivity index (χ0n) is 11.1. The van der Waals surface area contributed by atoms with Gasteiger partial charge >= 0.3 is 0 Å². The van der Waals surface area contributed by atoms with Gasteiger partial charge in [0.1, 0.15) is 5.56 Å². The molecular weight excluding hydrogens is 265 g/mol. The number of carbonyl (C=O) groups is 1. The molecule has 1 saturated carbocycles. The fraction of sp³-hybridized carbons (Fsp3) is 0.462. The summed E-state index contributed by atoms with van der Waals surface area (Å²) in [6.45, 7) is 2.06. The second kappa shape index (κ2) is 5.44. The van der Waals surface area contributed by atoms with Crippen molar-refractivity contribution in [2.24, 2.45) is 5.92 Å². The van der Waals surface area contributed by atoms with Gasteiger partial charge in [0.2, 0.25) is 0 Å². The molecule has 1 aliphatic carbocycles. The van der Waals surface area contributed by atoms with Gasteiger partial charge in [0.05, 0.1) is 16.7 Å². The number of benzene rings is 1. The van der Waals surface area contributed by atoms with E-state index in [1.807, 2.05) is 0 Å². The van der Waals surface area contributed by atoms with Crippen molar-refractivity contribution in [2.45, 2.75) is 32.2 Å². The predicted octanol–water partition coefficient (Wildman–Crippen LogP) is 2.23. The highest BCUT2D eigenvalue weighted by Gasteiger charge is 2.38. The van der Waals surface area contributed by atoms with Gasteiger partial charge in [-0.15, -0.1) is 0 Å². The number of hydrogen-bond donors (Lipinski definition) is 2. The average Bonchev–Trinajstić information content (AvgIpc) is 3.10. The van der Waals surface area contributed by atoms with Gasteiger partial charge in [0.15, 0.2) is 5.82 Å². The number of nitrogens with two attached hydrogens (primary N) is 1. The van der Waals surface area contributed by atoms with Crippen LogP contribution in [0.5, 0.6) is 0 Å². The molecule has 1 aromatic carbocycles. The van der Waals surface area contributed by atoms with Crippen LogP contribution in [0.15, 0.2) is 12.1 Å². The average molecular weight is 281 g/mol. The molecule has 20 heavy (non-hydrogen) atoms. The second-order valence-electron chi connectivity index (χ2n) is 5.01. The Hall–Kier alpha value is -2.18. The van der Waals surface area contributed by atoms with Crippen molar-refractivity contribution >= 4 is 17.3 Å². The number of anilines is 1. The Bertz CT molecular complexity index is 562. The van der Waals surface area contributed by atoms with Crippen molar-refractivity contribution in [3.63, 3.8) is 0 Å². The minimum absolute atomic E-state index is 0.0494. The van der Waals surface area contributed by atoms with Crippen LogP contribution in [0.2, 0.25) is 0 Å². The molecule has 2 rings (SSSR count). The van der Waals surface area contributed by atoms with Crippen LogP contribution < -0.4 is 11.1 Å². The third kappa shape index (κ3) is 2.87. The number of nitro benzene ring substituents is 1. The topological polar surface area (TPSA) is 98.3 Å². The number of nitrogens with one attached hydrogen (secondary N) is 1. The summed E-state index contributed by atoms with van der Waals surface area (Å²) >= 11 is 0. The molecule has 0 aliphatic heterocycles. The molecule has 1 aliphatic rings. The summed E-state index contributed by atoms with van der Waals surface area (Å²) in [6.07, 6.45) is 2.92. The number of nitrogens with zero attached hydrogens (tertiary/aromatic N) is 1. The van der Waals surface area contributed by atoms with Crippen LogP contribution >= 0.6 is 0 Å². The van der Waals surface area contributed by atoms with Crippen molar-refractivity contribution in [2.75, 3.05) is 5.73 Å². The SMILES string of the molecule is CCCC1CC1NC(=O)c1cc(N)c(F)cc1[N+](=O)[O-]. The summed E-state index contributed by atoms with van der Waals surface area (Å²) in [4.78, 5) is 22.1. The first-order valence-electron chi connectivity index (χ1n) is 6.48. The van der Waals surface area contributed by atoms with E-state index in [-0.39, 0.29) is 17.3 Å². The molecule has 3 N–H and O–H groups in total. The molecule has 108 valence electrons. The Morgan fingerprint density at radius 3 is 2.90 bits per heavy atom. The van der Waals surface area contributed by atoms with Crippen LogP contribution in [0.25, 0.3) is 0 Å². The number of nitrogen functional groups attached to an aromatic ring is 1. The van der Waals surface area contributed by atoms with Gasteiger partial charge < -0.3 is 11.1 Å². The molecule has 2 atom stereocenters. The zero-order chi connectivity index (χ0) is 14.9. The van der Waals surface area contributed by atoms with Gasteiger partial charge in [-0.05, 0) is 24.8 Å². The fourth-order valence-corrected chi connectivity index (χ4v) is 2.27. The fourth-order valence-electron chi connectivity index (χ4n) is 2.27. The maximum atomic E-state index is 13.3. The van der Waals surface area contributed by atoms with E-state index in [0.717, 1.165) is 25.3 Å². The zero-order valence-corrected chi connectivity index (χ0v) is 11.1. The van der Waals surface area contributed by atoms with E-state index >= 15 is 0 Å². The molecule has 0 bridgehead atoms. The smallest absolute Gasteiger partial charge is 0.285 e. The number of hydrogen-bond acceptors (Lipinski definition) is 4. The van der Waals surface area contributed by atoms with Crippen molar-refractivity contribution in [1.29, 1.82) is 0 Å². The lowest BCUT2D eigenvalue weighted by Crippen LogP contribution is -2.27. The maximum Gasteiger partial charge on any atom is 0.285 e. The van der Waals surface area contributed by atoms with E-state index in [1.165, 1.54) is 0 Å². The second-order valence-corrected chi connectivity index (χ2v) is 5.01. The first kappa shape index (κ1) is 14.2. The highest BCUT2D eigenvalue weighted by atomic mass is 19.1. The maximum absolute atomic E-state index is 13.3. The van der Waals surface area contributed by atoms with Gasteiger partial charge in [-0.2, -0.15) is 0 Å². The predicted molar refractivity (Wildman–Crippen MR) is 71.7 cm³/mol. The summed E-state index contributed by atoms with van der Waals surface area (Å²) in [7, 11) is 0. The first-order valence-corrected chi connectivity index (χ1v) is 6.48. The van der Waals surface area contributed by atoms with Gasteiger partial charge in [0, 0.05) is 6.04 Å². The lowest BCUT2D eigenvalue weighted by Gasteiger charge is -2.07. The van der Waals surface area contributed by atoms with Crippen LogP contribution in [0, 0.1) is 21.8 Å². The molecule has 7 heteroatoms. The van der Waals surface area contributed by atoms with E-state index in [2.05, 4.69) is 12.2 Å². The summed E-state index contributed by atoms with van der Waals surface area (Å²) < 4.78 is 13.3. The molecule has 1 fully saturated rings. The summed E-state index contributed by atoms with van der Waals surface area (Å²) in [5, 5.41) is 13.6. The standard InChI is InChI=1S/C13H16FN3O3/c1-2-3-7-4-11(7)16-13(18)8-5-10(15)9(14)6-12(8)17(19)20/h5-7,11H,2-4,15H2,1H3,(H,16,18). The van der Waals surface area contributed by atoms with Gasteiger partial charge in [-0.25, -0.2) is 4.39 Å². The molecule has 0 aromatic heterocycles. The normalized spacial score (nSPS) is 20.5. The third-order valence-electron chi connectivity index (χ3n) is 3.45. The quantitative estimate of drug-likeness (QED) is 0.491. The van der Waals surface area contributed by atoms with Gasteiger partial charge in [-0.1, -0.05) is 13.3 Å². The van der Waals surface area contributed by atoms with E-state index < -0.39 is 22.3 Å². The molecule has 2 unspecified atom stereocenters. The highest BCUT2D eigenvalue weighted by Crippen LogP contribution is 2.35. The molecular formula is C13H16FN3O3. The first-order chi connectivity index (χ1) is 9.43. The van der Waals surface area contributed by atoms with Crippen molar-refractivity contribution in [1.82, 2.24) is 5.32 Å². The van der Waals surface area contributed by atoms with E-state index in [9.17, 15) is 19.3 Å². The molecule has 0 saturated heterocycles. The monoisotopic (exact) mass is 281 g/mol. The van der Waals surface area contributed by atoms with E-state index in [1.54, 1.807) is 0 Å². The van der Waals surface area contributed by atoms with Crippen molar-refractivity contribution in [3.05, 3.63) is 33.6 Å². The van der Waals surface area contributed by atoms with Gasteiger partial charge in [0.25, 0.3) is 11.6 Å². The molecule has 6 nitrogen and oxygen atoms in total. The summed E-state index contributed by atoms with van der Waals surface area (Å²) in [6, 6.07) is 1.74. The van der Waals surface area contributed by atoms with Gasteiger partial charge in [-0.3, -0.25) is 14.9 Å². The largest absolute Gasteiger partial charge is 0.396 e. The van der Waals surface area contributed by atoms with Crippen LogP contribution in [0.1, 0.15) is 36.5 Å². The minimum Gasteiger partial charge on any atom is -0.396 e. The van der Waals surface area contributed by atoms with Crippen LogP contribution in [-0.2, 0) is 0 Å². The number of amides is 1. The van der Waals surface area contributed by atoms with E-state index in [4.69, 9.17) is 5.73 Å². The number of halogens is 1. The number of carbonyl (C=O) groups excluding carboxylic acids is 1. The van der Waals surface area contributed by atoms with E-state index in [0.29, 0.717) is 12.0 Å². The Kier molecular flexibility index (Phi) is 3.87. The van der Waals surface area contributed by atoms with Crippen LogP contribution in [-0.4, -0.2) is 16.9 Å². The highest BCUT2D eigenvalue weighted by molar-refractivity contribution is 5.99. The Balaban J connectivity index is 2.17. The van der Waals surface area contributed by atoms with Crippen LogP contribution in [0.3, 0.4) is 0 Å². The number of nitro groups is 1.